The molecule has 25 heavy (non-hydrogen) atoms. The predicted molar refractivity (Wildman–Crippen MR) is 97.5 cm³/mol. The van der Waals surface area contributed by atoms with Crippen LogP contribution in [0.4, 0.5) is 10.1 Å². The first-order valence-electron chi connectivity index (χ1n) is 7.47. The summed E-state index contributed by atoms with van der Waals surface area (Å²) in [7, 11) is 0. The van der Waals surface area contributed by atoms with Crippen molar-refractivity contribution in [3.63, 3.8) is 0 Å². The van der Waals surface area contributed by atoms with Gasteiger partial charge in [-0.3, -0.25) is 0 Å². The normalized spacial score (nSPS) is 10.7. The van der Waals surface area contributed by atoms with Gasteiger partial charge in [0.05, 0.1) is 29.7 Å². The van der Waals surface area contributed by atoms with Crippen LogP contribution in [0.15, 0.2) is 48.8 Å². The second-order valence-electron chi connectivity index (χ2n) is 5.29. The first-order chi connectivity index (χ1) is 12.0. The number of nitrogen functional groups attached to an aromatic ring is 1. The largest absolute Gasteiger partial charge is 0.493 e. The van der Waals surface area contributed by atoms with Gasteiger partial charge in [-0.05, 0) is 29.8 Å². The highest BCUT2D eigenvalue weighted by molar-refractivity contribution is 6.36. The van der Waals surface area contributed by atoms with E-state index in [-0.39, 0.29) is 5.02 Å². The monoisotopic (exact) mass is 377 g/mol. The van der Waals surface area contributed by atoms with E-state index in [2.05, 4.69) is 9.97 Å². The zero-order valence-corrected chi connectivity index (χ0v) is 14.6. The fraction of sp³-hybridized carbons (Fsp3) is 0.111. The van der Waals surface area contributed by atoms with Crippen molar-refractivity contribution in [2.75, 3.05) is 12.3 Å². The number of anilines is 1. The van der Waals surface area contributed by atoms with Gasteiger partial charge in [-0.2, -0.15) is 0 Å². The van der Waals surface area contributed by atoms with Gasteiger partial charge >= 0.3 is 0 Å². The summed E-state index contributed by atoms with van der Waals surface area (Å²) in [5.74, 6) is 0.695. The first-order valence-corrected chi connectivity index (χ1v) is 8.23. The highest BCUT2D eigenvalue weighted by atomic mass is 35.5. The van der Waals surface area contributed by atoms with E-state index in [4.69, 9.17) is 33.7 Å². The molecule has 1 aromatic heterocycles. The molecule has 7 heteroatoms. The molecule has 0 saturated heterocycles. The fourth-order valence-corrected chi connectivity index (χ4v) is 2.84. The maximum Gasteiger partial charge on any atom is 0.159 e. The van der Waals surface area contributed by atoms with Gasteiger partial charge in [-0.15, -0.1) is 0 Å². The number of hydrogen-bond donors (Lipinski definition) is 1. The minimum Gasteiger partial charge on any atom is -0.493 e. The number of aromatic nitrogens is 2. The molecule has 0 saturated carbocycles. The molecular weight excluding hydrogens is 364 g/mol. The third kappa shape index (κ3) is 4.18. The molecule has 0 atom stereocenters. The van der Waals surface area contributed by atoms with Gasteiger partial charge in [0.25, 0.3) is 0 Å². The van der Waals surface area contributed by atoms with Gasteiger partial charge in [-0.25, -0.2) is 14.4 Å². The summed E-state index contributed by atoms with van der Waals surface area (Å²) >= 11 is 12.0. The Labute approximate surface area is 154 Å². The summed E-state index contributed by atoms with van der Waals surface area (Å²) in [4.78, 5) is 8.36. The summed E-state index contributed by atoms with van der Waals surface area (Å²) in [6, 6.07) is 10.1. The van der Waals surface area contributed by atoms with E-state index in [1.165, 1.54) is 12.1 Å². The molecule has 0 bridgehead atoms. The van der Waals surface area contributed by atoms with Crippen molar-refractivity contribution >= 4 is 28.9 Å². The van der Waals surface area contributed by atoms with E-state index in [0.717, 1.165) is 5.56 Å². The number of nitrogens with two attached hydrogens (primary N) is 1. The second kappa shape index (κ2) is 7.68. The molecule has 0 unspecified atom stereocenters. The molecule has 3 aromatic rings. The van der Waals surface area contributed by atoms with Crippen LogP contribution in [0.25, 0.3) is 11.4 Å². The molecule has 4 nitrogen and oxygen atoms in total. The standard InChI is InChI=1S/C18H14Cl2FN3O/c19-15-4-5-16(21)17(20)14(15)6-7-25-13-3-1-2-11(8-13)18-23-9-12(22)10-24-18/h1-5,8-10H,6-7,22H2. The molecule has 0 fully saturated rings. The summed E-state index contributed by atoms with van der Waals surface area (Å²) in [6.45, 7) is 0.301. The lowest BCUT2D eigenvalue weighted by Crippen LogP contribution is -2.03. The zero-order valence-electron chi connectivity index (χ0n) is 13.0. The van der Waals surface area contributed by atoms with E-state index in [0.29, 0.717) is 40.9 Å². The van der Waals surface area contributed by atoms with Crippen LogP contribution >= 0.6 is 23.2 Å². The Kier molecular flexibility index (Phi) is 5.36. The van der Waals surface area contributed by atoms with Gasteiger partial charge in [0.1, 0.15) is 11.6 Å². The molecular formula is C18H14Cl2FN3O. The Morgan fingerprint density at radius 2 is 1.84 bits per heavy atom. The van der Waals surface area contributed by atoms with Crippen LogP contribution in [-0.4, -0.2) is 16.6 Å². The highest BCUT2D eigenvalue weighted by Gasteiger charge is 2.11. The molecule has 1 heterocycles. The number of nitrogens with zero attached hydrogens (tertiary/aromatic N) is 2. The lowest BCUT2D eigenvalue weighted by Gasteiger charge is -2.10. The number of ether oxygens (including phenoxy) is 1. The first kappa shape index (κ1) is 17.5. The Morgan fingerprint density at radius 3 is 2.60 bits per heavy atom. The van der Waals surface area contributed by atoms with Gasteiger partial charge in [0, 0.05) is 17.0 Å². The Hall–Kier alpha value is -2.37. The maximum atomic E-state index is 13.5. The minimum atomic E-state index is -0.497. The van der Waals surface area contributed by atoms with E-state index in [9.17, 15) is 4.39 Å². The SMILES string of the molecule is Nc1cnc(-c2cccc(OCCc3c(Cl)ccc(F)c3Cl)c2)nc1. The van der Waals surface area contributed by atoms with Crippen LogP contribution < -0.4 is 10.5 Å². The van der Waals surface area contributed by atoms with Gasteiger partial charge in [0.2, 0.25) is 0 Å². The van der Waals surface area contributed by atoms with Crippen LogP contribution in [0.3, 0.4) is 0 Å². The quantitative estimate of drug-likeness (QED) is 0.649. The molecule has 2 aromatic carbocycles. The van der Waals surface area contributed by atoms with Crippen molar-refractivity contribution in [3.05, 3.63) is 70.2 Å². The molecule has 0 aliphatic heterocycles. The number of hydrogen-bond acceptors (Lipinski definition) is 4. The lowest BCUT2D eigenvalue weighted by molar-refractivity contribution is 0.322. The van der Waals surface area contributed by atoms with Crippen LogP contribution in [0.5, 0.6) is 5.75 Å². The lowest BCUT2D eigenvalue weighted by atomic mass is 10.1. The Bertz CT molecular complexity index is 888. The molecule has 0 spiro atoms. The van der Waals surface area contributed by atoms with Crippen LogP contribution in [-0.2, 0) is 6.42 Å². The molecule has 0 amide bonds. The summed E-state index contributed by atoms with van der Waals surface area (Å²) in [6.07, 6.45) is 3.48. The topological polar surface area (TPSA) is 61.0 Å². The van der Waals surface area contributed by atoms with Crippen molar-refractivity contribution in [3.8, 4) is 17.1 Å². The van der Waals surface area contributed by atoms with Crippen LogP contribution in [0.1, 0.15) is 5.56 Å². The maximum absolute atomic E-state index is 13.5. The average molecular weight is 378 g/mol. The highest BCUT2D eigenvalue weighted by Crippen LogP contribution is 2.28. The molecule has 0 radical (unpaired) electrons. The van der Waals surface area contributed by atoms with Crippen molar-refractivity contribution in [1.82, 2.24) is 9.97 Å². The van der Waals surface area contributed by atoms with Gasteiger partial charge in [-0.1, -0.05) is 35.3 Å². The van der Waals surface area contributed by atoms with Crippen molar-refractivity contribution in [1.29, 1.82) is 0 Å². The average Bonchev–Trinajstić information content (AvgIpc) is 2.62. The van der Waals surface area contributed by atoms with Crippen molar-refractivity contribution < 1.29 is 9.13 Å². The summed E-state index contributed by atoms with van der Waals surface area (Å²) in [5.41, 5.74) is 7.43. The molecule has 3 rings (SSSR count). The minimum absolute atomic E-state index is 0.0279. The summed E-state index contributed by atoms with van der Waals surface area (Å²) < 4.78 is 19.2. The van der Waals surface area contributed by atoms with Crippen molar-refractivity contribution in [2.45, 2.75) is 6.42 Å². The molecule has 128 valence electrons. The number of rotatable bonds is 5. The van der Waals surface area contributed by atoms with E-state index in [1.54, 1.807) is 12.4 Å². The predicted octanol–water partition coefficient (Wildman–Crippen LogP) is 4.79. The number of benzene rings is 2. The van der Waals surface area contributed by atoms with Crippen LogP contribution in [0, 0.1) is 5.82 Å². The molecule has 0 aliphatic carbocycles. The van der Waals surface area contributed by atoms with Crippen LogP contribution in [0.2, 0.25) is 10.0 Å². The third-order valence-electron chi connectivity index (χ3n) is 3.52. The Morgan fingerprint density at radius 1 is 1.08 bits per heavy atom. The molecule has 0 aliphatic rings. The third-order valence-corrected chi connectivity index (χ3v) is 4.29. The van der Waals surface area contributed by atoms with Gasteiger partial charge in [0.15, 0.2) is 5.82 Å². The Balaban J connectivity index is 1.69. The van der Waals surface area contributed by atoms with E-state index in [1.807, 2.05) is 24.3 Å². The van der Waals surface area contributed by atoms with Gasteiger partial charge < -0.3 is 10.5 Å². The zero-order chi connectivity index (χ0) is 17.8. The second-order valence-corrected chi connectivity index (χ2v) is 6.07. The van der Waals surface area contributed by atoms with E-state index >= 15 is 0 Å². The fourth-order valence-electron chi connectivity index (χ4n) is 2.28. The van der Waals surface area contributed by atoms with Crippen molar-refractivity contribution in [2.24, 2.45) is 0 Å². The molecule has 2 N–H and O–H groups in total. The smallest absolute Gasteiger partial charge is 0.159 e. The summed E-state index contributed by atoms with van der Waals surface area (Å²) in [5, 5.41) is 0.444. The van der Waals surface area contributed by atoms with E-state index < -0.39 is 5.82 Å². The number of halogens is 3.